The third-order valence-corrected chi connectivity index (χ3v) is 6.87. The van der Waals surface area contributed by atoms with Crippen molar-refractivity contribution in [3.05, 3.63) is 64.3 Å². The fraction of sp³-hybridized carbons (Fsp3) is 0.444. The van der Waals surface area contributed by atoms with E-state index < -0.39 is 11.7 Å². The molecule has 0 bridgehead atoms. The zero-order valence-corrected chi connectivity index (χ0v) is 21.2. The van der Waals surface area contributed by atoms with Gasteiger partial charge in [-0.1, -0.05) is 6.07 Å². The Morgan fingerprint density at radius 3 is 2.51 bits per heavy atom. The predicted molar refractivity (Wildman–Crippen MR) is 133 cm³/mol. The Morgan fingerprint density at radius 1 is 1.11 bits per heavy atom. The largest absolute Gasteiger partial charge is 0.416 e. The number of hydrogen-bond donors (Lipinski definition) is 1. The molecule has 0 aliphatic carbocycles. The summed E-state index contributed by atoms with van der Waals surface area (Å²) in [4.78, 5) is 27.0. The predicted octanol–water partition coefficient (Wildman–Crippen LogP) is 4.60. The van der Waals surface area contributed by atoms with E-state index >= 15 is 0 Å². The number of alkyl halides is 3. The van der Waals surface area contributed by atoms with Gasteiger partial charge in [-0.05, 0) is 68.0 Å². The molecule has 1 saturated heterocycles. The van der Waals surface area contributed by atoms with E-state index in [1.54, 1.807) is 12.0 Å². The second-order valence-corrected chi connectivity index (χ2v) is 9.59. The van der Waals surface area contributed by atoms with E-state index in [0.717, 1.165) is 35.4 Å². The van der Waals surface area contributed by atoms with Crippen molar-refractivity contribution in [2.45, 2.75) is 39.4 Å². The quantitative estimate of drug-likeness (QED) is 0.466. The average molecular weight is 517 g/mol. The van der Waals surface area contributed by atoms with Crippen LogP contribution in [0.5, 0.6) is 0 Å². The Hall–Kier alpha value is -3.40. The zero-order chi connectivity index (χ0) is 26.7. The molecule has 0 spiro atoms. The van der Waals surface area contributed by atoms with Crippen molar-refractivity contribution in [3.63, 3.8) is 0 Å². The smallest absolute Gasteiger partial charge is 0.383 e. The fourth-order valence-electron chi connectivity index (χ4n) is 4.75. The van der Waals surface area contributed by atoms with Crippen LogP contribution in [0.25, 0.3) is 10.9 Å². The molecule has 0 radical (unpaired) electrons. The fourth-order valence-corrected chi connectivity index (χ4v) is 4.75. The lowest BCUT2D eigenvalue weighted by Crippen LogP contribution is -2.39. The van der Waals surface area contributed by atoms with Gasteiger partial charge in [0.2, 0.25) is 0 Å². The van der Waals surface area contributed by atoms with E-state index in [1.807, 2.05) is 29.9 Å². The van der Waals surface area contributed by atoms with Crippen molar-refractivity contribution in [3.8, 4) is 0 Å². The van der Waals surface area contributed by atoms with Crippen LogP contribution >= 0.6 is 0 Å². The number of aromatic nitrogens is 2. The summed E-state index contributed by atoms with van der Waals surface area (Å²) in [5.41, 5.74) is 1.63. The maximum atomic E-state index is 13.3. The number of methoxy groups -OCH3 is 1. The van der Waals surface area contributed by atoms with Gasteiger partial charge in [0, 0.05) is 56.0 Å². The van der Waals surface area contributed by atoms with Crippen LogP contribution in [0.4, 0.5) is 13.2 Å². The van der Waals surface area contributed by atoms with Gasteiger partial charge in [0.15, 0.2) is 0 Å². The van der Waals surface area contributed by atoms with Crippen LogP contribution in [0.3, 0.4) is 0 Å². The second-order valence-electron chi connectivity index (χ2n) is 9.59. The van der Waals surface area contributed by atoms with Gasteiger partial charge in [-0.25, -0.2) is 0 Å². The van der Waals surface area contributed by atoms with E-state index in [4.69, 9.17) is 4.74 Å². The summed E-state index contributed by atoms with van der Waals surface area (Å²) in [6.45, 7) is 5.75. The highest BCUT2D eigenvalue weighted by molar-refractivity contribution is 5.99. The Morgan fingerprint density at radius 2 is 1.84 bits per heavy atom. The number of benzene rings is 2. The van der Waals surface area contributed by atoms with Gasteiger partial charge in [-0.2, -0.15) is 18.3 Å². The number of halogens is 3. The molecule has 1 fully saturated rings. The van der Waals surface area contributed by atoms with Gasteiger partial charge < -0.3 is 15.0 Å². The lowest BCUT2D eigenvalue weighted by Gasteiger charge is -2.32. The SMILES string of the molecule is COCCNC(=O)c1cc2cn(CC3CCN(C(=O)c4ccc(C)c(C(F)(F)F)c4)CC3)nc2cc1C. The number of fused-ring (bicyclic) bond motifs is 1. The van der Waals surface area contributed by atoms with Crippen LogP contribution in [0.1, 0.15) is 50.2 Å². The number of likely N-dealkylation sites (tertiary alicyclic amines) is 1. The van der Waals surface area contributed by atoms with Crippen LogP contribution in [0.2, 0.25) is 0 Å². The Balaban J connectivity index is 1.38. The van der Waals surface area contributed by atoms with E-state index in [2.05, 4.69) is 10.4 Å². The number of ether oxygens (including phenoxy) is 1. The number of aryl methyl sites for hydroxylation is 2. The summed E-state index contributed by atoms with van der Waals surface area (Å²) in [7, 11) is 1.58. The first kappa shape index (κ1) is 26.7. The number of carbonyl (C=O) groups excluding carboxylic acids is 2. The van der Waals surface area contributed by atoms with Gasteiger partial charge >= 0.3 is 6.18 Å². The number of hydrogen-bond acceptors (Lipinski definition) is 4. The van der Waals surface area contributed by atoms with Gasteiger partial charge in [-0.15, -0.1) is 0 Å². The molecular weight excluding hydrogens is 485 g/mol. The van der Waals surface area contributed by atoms with Gasteiger partial charge in [0.1, 0.15) is 0 Å². The average Bonchev–Trinajstić information content (AvgIpc) is 3.24. The molecule has 1 N–H and O–H groups in total. The van der Waals surface area contributed by atoms with Crippen molar-refractivity contribution in [2.75, 3.05) is 33.4 Å². The minimum Gasteiger partial charge on any atom is -0.383 e. The molecule has 3 aromatic rings. The first-order valence-electron chi connectivity index (χ1n) is 12.3. The molecule has 2 heterocycles. The van der Waals surface area contributed by atoms with Crippen LogP contribution in [0, 0.1) is 19.8 Å². The number of carbonyl (C=O) groups is 2. The summed E-state index contributed by atoms with van der Waals surface area (Å²) < 4.78 is 46.6. The van der Waals surface area contributed by atoms with E-state index in [-0.39, 0.29) is 28.9 Å². The Bertz CT molecular complexity index is 1290. The number of rotatable bonds is 7. The van der Waals surface area contributed by atoms with Crippen LogP contribution in [-0.4, -0.2) is 59.8 Å². The van der Waals surface area contributed by atoms with Crippen molar-refractivity contribution < 1.29 is 27.5 Å². The first-order valence-corrected chi connectivity index (χ1v) is 12.3. The van der Waals surface area contributed by atoms with E-state index in [9.17, 15) is 22.8 Å². The highest BCUT2D eigenvalue weighted by Crippen LogP contribution is 2.33. The number of nitrogens with zero attached hydrogens (tertiary/aromatic N) is 3. The van der Waals surface area contributed by atoms with Crippen molar-refractivity contribution >= 4 is 22.7 Å². The summed E-state index contributed by atoms with van der Waals surface area (Å²) in [6, 6.07) is 7.50. The highest BCUT2D eigenvalue weighted by Gasteiger charge is 2.33. The highest BCUT2D eigenvalue weighted by atomic mass is 19.4. The minimum atomic E-state index is -4.49. The molecule has 4 rings (SSSR count). The molecule has 2 aromatic carbocycles. The van der Waals surface area contributed by atoms with Gasteiger partial charge in [0.05, 0.1) is 17.7 Å². The van der Waals surface area contributed by atoms with Crippen LogP contribution in [0.15, 0.2) is 36.5 Å². The summed E-state index contributed by atoms with van der Waals surface area (Å²) in [6.07, 6.45) is -1.12. The minimum absolute atomic E-state index is 0.0622. The topological polar surface area (TPSA) is 76.5 Å². The molecular formula is C27H31F3N4O3. The second kappa shape index (κ2) is 10.9. The molecule has 2 amide bonds. The van der Waals surface area contributed by atoms with Crippen molar-refractivity contribution in [2.24, 2.45) is 5.92 Å². The summed E-state index contributed by atoms with van der Waals surface area (Å²) in [5.74, 6) is -0.252. The number of amides is 2. The summed E-state index contributed by atoms with van der Waals surface area (Å²) in [5, 5.41) is 8.37. The molecule has 1 aromatic heterocycles. The van der Waals surface area contributed by atoms with Gasteiger partial charge in [-0.3, -0.25) is 14.3 Å². The Labute approximate surface area is 213 Å². The number of nitrogens with one attached hydrogen (secondary N) is 1. The number of piperidine rings is 1. The normalized spacial score (nSPS) is 14.8. The Kier molecular flexibility index (Phi) is 7.87. The van der Waals surface area contributed by atoms with Crippen molar-refractivity contribution in [1.29, 1.82) is 0 Å². The maximum Gasteiger partial charge on any atom is 0.416 e. The third kappa shape index (κ3) is 6.12. The summed E-state index contributed by atoms with van der Waals surface area (Å²) >= 11 is 0. The van der Waals surface area contributed by atoms with Crippen LogP contribution in [-0.2, 0) is 17.5 Å². The van der Waals surface area contributed by atoms with E-state index in [1.165, 1.54) is 19.1 Å². The van der Waals surface area contributed by atoms with Gasteiger partial charge in [0.25, 0.3) is 11.8 Å². The standard InChI is InChI=1S/C27H31F3N4O3/c1-17-4-5-20(14-23(17)27(28,29)30)26(36)33-9-6-19(7-10-33)15-34-16-21-13-22(18(2)12-24(21)32-34)25(35)31-8-11-37-3/h4-5,12-14,16,19H,6-11,15H2,1-3H3,(H,31,35). The zero-order valence-electron chi connectivity index (χ0n) is 21.2. The van der Waals surface area contributed by atoms with Crippen LogP contribution < -0.4 is 5.32 Å². The lowest BCUT2D eigenvalue weighted by atomic mass is 9.96. The molecule has 37 heavy (non-hydrogen) atoms. The molecule has 7 nitrogen and oxygen atoms in total. The molecule has 0 atom stereocenters. The maximum absolute atomic E-state index is 13.3. The molecule has 198 valence electrons. The molecule has 1 aliphatic heterocycles. The molecule has 0 unspecified atom stereocenters. The first-order chi connectivity index (χ1) is 17.6. The molecule has 1 aliphatic rings. The monoisotopic (exact) mass is 516 g/mol. The molecule has 10 heteroatoms. The molecule has 0 saturated carbocycles. The third-order valence-electron chi connectivity index (χ3n) is 6.87. The lowest BCUT2D eigenvalue weighted by molar-refractivity contribution is -0.138. The van der Waals surface area contributed by atoms with E-state index in [0.29, 0.717) is 38.3 Å². The van der Waals surface area contributed by atoms with Crippen molar-refractivity contribution in [1.82, 2.24) is 20.0 Å².